The van der Waals surface area contributed by atoms with Crippen LogP contribution in [0, 0.1) is 5.92 Å². The number of ether oxygens (including phenoxy) is 1. The first kappa shape index (κ1) is 16.9. The molecule has 0 bridgehead atoms. The standard InChI is InChI=1S/C12H23NO5/c1-10(12(16)17)9-13(7-4-8-18-2)6-3-5-11(14)15/h10H,3-9H2,1-2H3,(H,14,15)(H,16,17). The molecule has 0 aliphatic heterocycles. The summed E-state index contributed by atoms with van der Waals surface area (Å²) >= 11 is 0. The summed E-state index contributed by atoms with van der Waals surface area (Å²) in [5.74, 6) is -2.10. The molecular weight excluding hydrogens is 238 g/mol. The van der Waals surface area contributed by atoms with Gasteiger partial charge in [-0.2, -0.15) is 0 Å². The van der Waals surface area contributed by atoms with Gasteiger partial charge in [0, 0.05) is 33.2 Å². The summed E-state index contributed by atoms with van der Waals surface area (Å²) in [6.45, 7) is 4.05. The minimum atomic E-state index is -0.829. The molecule has 2 N–H and O–H groups in total. The number of rotatable bonds is 11. The summed E-state index contributed by atoms with van der Waals surface area (Å²) in [5.41, 5.74) is 0. The fraction of sp³-hybridized carbons (Fsp3) is 0.833. The minimum absolute atomic E-state index is 0.113. The molecule has 0 rings (SSSR count). The van der Waals surface area contributed by atoms with Gasteiger partial charge >= 0.3 is 11.9 Å². The molecule has 106 valence electrons. The molecule has 1 unspecified atom stereocenters. The van der Waals surface area contributed by atoms with E-state index >= 15 is 0 Å². The predicted molar refractivity (Wildman–Crippen MR) is 66.6 cm³/mol. The van der Waals surface area contributed by atoms with Crippen LogP contribution in [0.25, 0.3) is 0 Å². The second-order valence-electron chi connectivity index (χ2n) is 4.38. The van der Waals surface area contributed by atoms with Crippen LogP contribution in [-0.4, -0.2) is 60.4 Å². The quantitative estimate of drug-likeness (QED) is 0.538. The smallest absolute Gasteiger partial charge is 0.307 e. The Morgan fingerprint density at radius 1 is 1.22 bits per heavy atom. The zero-order valence-electron chi connectivity index (χ0n) is 11.1. The van der Waals surface area contributed by atoms with Gasteiger partial charge in [-0.1, -0.05) is 6.92 Å². The van der Waals surface area contributed by atoms with E-state index in [4.69, 9.17) is 14.9 Å². The first-order valence-corrected chi connectivity index (χ1v) is 6.13. The summed E-state index contributed by atoms with van der Waals surface area (Å²) in [5, 5.41) is 17.4. The highest BCUT2D eigenvalue weighted by molar-refractivity contribution is 5.69. The molecule has 18 heavy (non-hydrogen) atoms. The van der Waals surface area contributed by atoms with Crippen molar-refractivity contribution < 1.29 is 24.5 Å². The normalized spacial score (nSPS) is 12.6. The van der Waals surface area contributed by atoms with Gasteiger partial charge in [-0.25, -0.2) is 0 Å². The number of aliphatic carboxylic acids is 2. The van der Waals surface area contributed by atoms with Gasteiger partial charge in [0.25, 0.3) is 0 Å². The fourth-order valence-electron chi connectivity index (χ4n) is 1.65. The molecule has 0 radical (unpaired) electrons. The Balaban J connectivity index is 4.06. The van der Waals surface area contributed by atoms with Crippen molar-refractivity contribution in [2.75, 3.05) is 33.4 Å². The van der Waals surface area contributed by atoms with E-state index in [9.17, 15) is 9.59 Å². The largest absolute Gasteiger partial charge is 0.481 e. The molecule has 0 heterocycles. The van der Waals surface area contributed by atoms with Crippen LogP contribution in [0.5, 0.6) is 0 Å². The molecule has 0 aromatic heterocycles. The lowest BCUT2D eigenvalue weighted by molar-refractivity contribution is -0.142. The average molecular weight is 261 g/mol. The number of carboxylic acid groups (broad SMARTS) is 2. The van der Waals surface area contributed by atoms with Gasteiger partial charge in [0.1, 0.15) is 0 Å². The highest BCUT2D eigenvalue weighted by Crippen LogP contribution is 2.04. The highest BCUT2D eigenvalue weighted by Gasteiger charge is 2.16. The van der Waals surface area contributed by atoms with Crippen LogP contribution in [0.3, 0.4) is 0 Å². The van der Waals surface area contributed by atoms with Gasteiger partial charge in [0.2, 0.25) is 0 Å². The number of hydrogen-bond donors (Lipinski definition) is 2. The Morgan fingerprint density at radius 2 is 1.83 bits per heavy atom. The second-order valence-corrected chi connectivity index (χ2v) is 4.38. The maximum atomic E-state index is 10.8. The predicted octanol–water partition coefficient (Wildman–Crippen LogP) is 0.910. The number of carboxylic acids is 2. The molecule has 0 aromatic rings. The third-order valence-electron chi connectivity index (χ3n) is 2.64. The monoisotopic (exact) mass is 261 g/mol. The average Bonchev–Trinajstić information content (AvgIpc) is 2.28. The first-order valence-electron chi connectivity index (χ1n) is 6.13. The van der Waals surface area contributed by atoms with E-state index in [1.54, 1.807) is 14.0 Å². The van der Waals surface area contributed by atoms with Gasteiger partial charge in [-0.3, -0.25) is 9.59 Å². The Hall–Kier alpha value is -1.14. The van der Waals surface area contributed by atoms with Crippen molar-refractivity contribution in [2.24, 2.45) is 5.92 Å². The van der Waals surface area contributed by atoms with Gasteiger partial charge in [-0.15, -0.1) is 0 Å². The van der Waals surface area contributed by atoms with Crippen molar-refractivity contribution >= 4 is 11.9 Å². The lowest BCUT2D eigenvalue weighted by atomic mass is 10.1. The Morgan fingerprint density at radius 3 is 2.33 bits per heavy atom. The van der Waals surface area contributed by atoms with Crippen molar-refractivity contribution in [3.63, 3.8) is 0 Å². The Labute approximate surface area is 108 Å². The summed E-state index contributed by atoms with van der Waals surface area (Å²) < 4.78 is 4.95. The van der Waals surface area contributed by atoms with E-state index in [2.05, 4.69) is 0 Å². The molecule has 6 nitrogen and oxygen atoms in total. The molecule has 0 aliphatic rings. The maximum Gasteiger partial charge on any atom is 0.307 e. The molecule has 0 spiro atoms. The van der Waals surface area contributed by atoms with Crippen LogP contribution in [0.1, 0.15) is 26.2 Å². The van der Waals surface area contributed by atoms with Crippen LogP contribution < -0.4 is 0 Å². The van der Waals surface area contributed by atoms with E-state index in [1.165, 1.54) is 0 Å². The van der Waals surface area contributed by atoms with Crippen LogP contribution in [0.4, 0.5) is 0 Å². The number of methoxy groups -OCH3 is 1. The summed E-state index contributed by atoms with van der Waals surface area (Å²) in [4.78, 5) is 23.2. The van der Waals surface area contributed by atoms with Crippen LogP contribution in [0.15, 0.2) is 0 Å². The minimum Gasteiger partial charge on any atom is -0.481 e. The zero-order valence-corrected chi connectivity index (χ0v) is 11.1. The molecule has 0 aliphatic carbocycles. The van der Waals surface area contributed by atoms with E-state index < -0.39 is 17.9 Å². The molecule has 0 fully saturated rings. The van der Waals surface area contributed by atoms with E-state index in [1.807, 2.05) is 4.90 Å². The van der Waals surface area contributed by atoms with Gasteiger partial charge in [-0.05, 0) is 19.4 Å². The van der Waals surface area contributed by atoms with Crippen molar-refractivity contribution in [3.8, 4) is 0 Å². The molecule has 0 saturated carbocycles. The molecule has 0 amide bonds. The zero-order chi connectivity index (χ0) is 14.0. The van der Waals surface area contributed by atoms with Crippen LogP contribution in [-0.2, 0) is 14.3 Å². The molecule has 1 atom stereocenters. The van der Waals surface area contributed by atoms with E-state index in [-0.39, 0.29) is 6.42 Å². The highest BCUT2D eigenvalue weighted by atomic mass is 16.5. The SMILES string of the molecule is COCCCN(CCCC(=O)O)CC(C)C(=O)O. The van der Waals surface area contributed by atoms with Crippen LogP contribution >= 0.6 is 0 Å². The number of hydrogen-bond acceptors (Lipinski definition) is 4. The maximum absolute atomic E-state index is 10.8. The van der Waals surface area contributed by atoms with Crippen molar-refractivity contribution in [1.29, 1.82) is 0 Å². The Bertz CT molecular complexity index is 257. The van der Waals surface area contributed by atoms with Crippen LogP contribution in [0.2, 0.25) is 0 Å². The first-order chi connectivity index (χ1) is 8.47. The molecule has 0 aromatic carbocycles. The second kappa shape index (κ2) is 9.85. The summed E-state index contributed by atoms with van der Waals surface area (Å²) in [7, 11) is 1.62. The summed E-state index contributed by atoms with van der Waals surface area (Å²) in [6, 6.07) is 0. The van der Waals surface area contributed by atoms with E-state index in [0.717, 1.165) is 13.0 Å². The topological polar surface area (TPSA) is 87.1 Å². The van der Waals surface area contributed by atoms with Gasteiger partial charge in [0.05, 0.1) is 5.92 Å². The fourth-order valence-corrected chi connectivity index (χ4v) is 1.65. The van der Waals surface area contributed by atoms with Gasteiger partial charge < -0.3 is 19.8 Å². The number of nitrogens with zero attached hydrogens (tertiary/aromatic N) is 1. The number of carbonyl (C=O) groups is 2. The lowest BCUT2D eigenvalue weighted by Crippen LogP contribution is -2.34. The molecule has 6 heteroatoms. The van der Waals surface area contributed by atoms with Crippen molar-refractivity contribution in [1.82, 2.24) is 4.90 Å². The Kier molecular flexibility index (Phi) is 9.22. The summed E-state index contributed by atoms with van der Waals surface area (Å²) in [6.07, 6.45) is 1.47. The van der Waals surface area contributed by atoms with E-state index in [0.29, 0.717) is 26.1 Å². The molecular formula is C12H23NO5. The van der Waals surface area contributed by atoms with Crippen molar-refractivity contribution in [3.05, 3.63) is 0 Å². The van der Waals surface area contributed by atoms with Crippen molar-refractivity contribution in [2.45, 2.75) is 26.2 Å². The van der Waals surface area contributed by atoms with Gasteiger partial charge in [0.15, 0.2) is 0 Å². The third-order valence-corrected chi connectivity index (χ3v) is 2.64. The lowest BCUT2D eigenvalue weighted by Gasteiger charge is -2.23. The molecule has 0 saturated heterocycles. The third kappa shape index (κ3) is 8.95.